The van der Waals surface area contributed by atoms with Gasteiger partial charge in [0.2, 0.25) is 0 Å². The first-order valence-electron chi connectivity index (χ1n) is 4.20. The van der Waals surface area contributed by atoms with Crippen molar-refractivity contribution in [1.82, 2.24) is 0 Å². The second-order valence-electron chi connectivity index (χ2n) is 2.49. The molecule has 0 spiro atoms. The lowest BCUT2D eigenvalue weighted by molar-refractivity contribution is 0.242. The van der Waals surface area contributed by atoms with Crippen molar-refractivity contribution in [2.75, 3.05) is 11.9 Å². The second-order valence-corrected chi connectivity index (χ2v) is 3.29. The summed E-state index contributed by atoms with van der Waals surface area (Å²) in [7, 11) is 0. The summed E-state index contributed by atoms with van der Waals surface area (Å²) in [5.74, 6) is 0. The number of alkyl halides is 1. The number of hydrogen-bond acceptors (Lipinski definition) is 1. The summed E-state index contributed by atoms with van der Waals surface area (Å²) in [5, 5.41) is 1.14. The van der Waals surface area contributed by atoms with Gasteiger partial charge in [0.05, 0.1) is 12.9 Å². The van der Waals surface area contributed by atoms with Gasteiger partial charge in [-0.2, -0.15) is 0 Å². The van der Waals surface area contributed by atoms with Gasteiger partial charge in [0.1, 0.15) is 0 Å². The Morgan fingerprint density at radius 2 is 1.73 bits per heavy atom. The number of unbranched alkanes of at least 4 members (excludes halogenated alkanes) is 4. The first kappa shape index (κ1) is 11.0. The molecule has 0 aliphatic heterocycles. The van der Waals surface area contributed by atoms with Crippen LogP contribution < -0.4 is 0 Å². The molecule has 0 aromatic carbocycles. The summed E-state index contributed by atoms with van der Waals surface area (Å²) in [5.41, 5.74) is 0. The lowest BCUT2D eigenvalue weighted by Crippen LogP contribution is -1.87. The molecular weight excluding hydrogens is 204 g/mol. The minimum atomic E-state index is 0.831. The predicted molar refractivity (Wildman–Crippen MR) is 53.0 cm³/mol. The van der Waals surface area contributed by atoms with Gasteiger partial charge in [-0.3, -0.25) is 0 Å². The van der Waals surface area contributed by atoms with E-state index in [0.717, 1.165) is 18.4 Å². The zero-order valence-corrected chi connectivity index (χ0v) is 8.61. The van der Waals surface area contributed by atoms with Crippen LogP contribution in [0.1, 0.15) is 32.1 Å². The Balaban J connectivity index is 2.74. The van der Waals surface area contributed by atoms with E-state index in [1.807, 2.05) is 0 Å². The molecule has 0 saturated carbocycles. The zero-order valence-electron chi connectivity index (χ0n) is 7.02. The molecule has 0 radical (unpaired) electrons. The molecule has 0 heterocycles. The molecule has 0 saturated heterocycles. The van der Waals surface area contributed by atoms with Crippen LogP contribution in [0.4, 0.5) is 0 Å². The first-order chi connectivity index (χ1) is 5.41. The Morgan fingerprint density at radius 1 is 1.09 bits per heavy atom. The molecule has 0 aromatic heterocycles. The molecule has 0 aromatic rings. The van der Waals surface area contributed by atoms with Crippen molar-refractivity contribution < 1.29 is 4.74 Å². The highest BCUT2D eigenvalue weighted by molar-refractivity contribution is 9.09. The normalized spacial score (nSPS) is 9.55. The van der Waals surface area contributed by atoms with Gasteiger partial charge in [-0.05, 0) is 12.8 Å². The highest BCUT2D eigenvalue weighted by Crippen LogP contribution is 2.04. The lowest BCUT2D eigenvalue weighted by atomic mass is 10.2. The quantitative estimate of drug-likeness (QED) is 0.346. The van der Waals surface area contributed by atoms with Crippen LogP contribution in [0.2, 0.25) is 0 Å². The molecule has 0 fully saturated rings. The third kappa shape index (κ3) is 10.0. The van der Waals surface area contributed by atoms with Gasteiger partial charge in [0.15, 0.2) is 0 Å². The van der Waals surface area contributed by atoms with Gasteiger partial charge in [-0.15, -0.1) is 0 Å². The topological polar surface area (TPSA) is 9.23 Å². The third-order valence-electron chi connectivity index (χ3n) is 1.51. The maximum absolute atomic E-state index is 4.99. The molecule has 0 aliphatic rings. The van der Waals surface area contributed by atoms with Crippen molar-refractivity contribution in [2.24, 2.45) is 0 Å². The van der Waals surface area contributed by atoms with Crippen LogP contribution in [0.15, 0.2) is 12.8 Å². The third-order valence-corrected chi connectivity index (χ3v) is 2.07. The molecule has 0 N–H and O–H groups in total. The van der Waals surface area contributed by atoms with Crippen LogP contribution in [-0.2, 0) is 4.74 Å². The number of ether oxygens (including phenoxy) is 1. The van der Waals surface area contributed by atoms with Gasteiger partial charge < -0.3 is 4.74 Å². The minimum Gasteiger partial charge on any atom is -0.502 e. The second kappa shape index (κ2) is 10.0. The van der Waals surface area contributed by atoms with Crippen molar-refractivity contribution in [3.05, 3.63) is 12.8 Å². The van der Waals surface area contributed by atoms with Gasteiger partial charge in [-0.25, -0.2) is 0 Å². The van der Waals surface area contributed by atoms with Gasteiger partial charge in [0.25, 0.3) is 0 Å². The molecule has 0 aliphatic carbocycles. The fourth-order valence-electron chi connectivity index (χ4n) is 0.894. The average Bonchev–Trinajstić information content (AvgIpc) is 2.03. The van der Waals surface area contributed by atoms with E-state index in [4.69, 9.17) is 4.74 Å². The standard InChI is InChI=1S/C9H17BrO/c1-2-11-9-7-5-3-4-6-8-10/h2H,1,3-9H2. The van der Waals surface area contributed by atoms with Crippen LogP contribution >= 0.6 is 15.9 Å². The molecule has 0 bridgehead atoms. The molecule has 0 rings (SSSR count). The van der Waals surface area contributed by atoms with Crippen LogP contribution in [0.5, 0.6) is 0 Å². The maximum atomic E-state index is 4.99. The number of hydrogen-bond donors (Lipinski definition) is 0. The average molecular weight is 221 g/mol. The number of halogens is 1. The molecule has 0 atom stereocenters. The van der Waals surface area contributed by atoms with Gasteiger partial charge in [-0.1, -0.05) is 41.8 Å². The molecule has 66 valence electrons. The van der Waals surface area contributed by atoms with Gasteiger partial charge in [0, 0.05) is 5.33 Å². The minimum absolute atomic E-state index is 0.831. The van der Waals surface area contributed by atoms with Crippen LogP contribution in [0, 0.1) is 0 Å². The Labute approximate surface area is 78.0 Å². The smallest absolute Gasteiger partial charge is 0.0873 e. The predicted octanol–water partition coefficient (Wildman–Crippen LogP) is 3.49. The largest absolute Gasteiger partial charge is 0.502 e. The van der Waals surface area contributed by atoms with Crippen LogP contribution in [0.25, 0.3) is 0 Å². The summed E-state index contributed by atoms with van der Waals surface area (Å²) in [6, 6.07) is 0. The van der Waals surface area contributed by atoms with Gasteiger partial charge >= 0.3 is 0 Å². The monoisotopic (exact) mass is 220 g/mol. The van der Waals surface area contributed by atoms with E-state index in [0.29, 0.717) is 0 Å². The van der Waals surface area contributed by atoms with E-state index in [-0.39, 0.29) is 0 Å². The van der Waals surface area contributed by atoms with Crippen molar-refractivity contribution in [3.8, 4) is 0 Å². The summed E-state index contributed by atoms with van der Waals surface area (Å²) in [6.45, 7) is 4.31. The van der Waals surface area contributed by atoms with Crippen LogP contribution in [0.3, 0.4) is 0 Å². The van der Waals surface area contributed by atoms with E-state index < -0.39 is 0 Å². The Bertz CT molecular complexity index is 83.6. The lowest BCUT2D eigenvalue weighted by Gasteiger charge is -1.99. The van der Waals surface area contributed by atoms with Crippen molar-refractivity contribution >= 4 is 15.9 Å². The van der Waals surface area contributed by atoms with E-state index in [9.17, 15) is 0 Å². The fraction of sp³-hybridized carbons (Fsp3) is 0.778. The summed E-state index contributed by atoms with van der Waals surface area (Å²) in [6.07, 6.45) is 7.90. The van der Waals surface area contributed by atoms with Crippen LogP contribution in [-0.4, -0.2) is 11.9 Å². The zero-order chi connectivity index (χ0) is 8.36. The Morgan fingerprint density at radius 3 is 2.36 bits per heavy atom. The molecule has 0 amide bonds. The molecule has 11 heavy (non-hydrogen) atoms. The Kier molecular flexibility index (Phi) is 10.0. The molecule has 0 unspecified atom stereocenters. The van der Waals surface area contributed by atoms with E-state index in [1.54, 1.807) is 0 Å². The molecule has 2 heteroatoms. The molecule has 1 nitrogen and oxygen atoms in total. The molecular formula is C9H17BrO. The Hall–Kier alpha value is 0.0200. The number of rotatable bonds is 8. The summed E-state index contributed by atoms with van der Waals surface area (Å²) in [4.78, 5) is 0. The van der Waals surface area contributed by atoms with Crippen molar-refractivity contribution in [3.63, 3.8) is 0 Å². The van der Waals surface area contributed by atoms with E-state index in [1.165, 1.54) is 31.9 Å². The highest BCUT2D eigenvalue weighted by atomic mass is 79.9. The van der Waals surface area contributed by atoms with E-state index in [2.05, 4.69) is 22.5 Å². The first-order valence-corrected chi connectivity index (χ1v) is 5.32. The van der Waals surface area contributed by atoms with E-state index >= 15 is 0 Å². The maximum Gasteiger partial charge on any atom is 0.0873 e. The summed E-state index contributed by atoms with van der Waals surface area (Å²) >= 11 is 3.41. The SMILES string of the molecule is C=COCCCCCCCBr. The highest BCUT2D eigenvalue weighted by Gasteiger charge is 1.88. The van der Waals surface area contributed by atoms with Crippen molar-refractivity contribution in [1.29, 1.82) is 0 Å². The fourth-order valence-corrected chi connectivity index (χ4v) is 1.29. The van der Waals surface area contributed by atoms with Crippen molar-refractivity contribution in [2.45, 2.75) is 32.1 Å². The summed E-state index contributed by atoms with van der Waals surface area (Å²) < 4.78 is 4.99.